The van der Waals surface area contributed by atoms with Gasteiger partial charge in [-0.2, -0.15) is 9.97 Å². The van der Waals surface area contributed by atoms with Gasteiger partial charge in [-0.05, 0) is 23.8 Å². The smallest absolute Gasteiger partial charge is 0.250 e. The molecule has 0 saturated heterocycles. The molecule has 0 amide bonds. The van der Waals surface area contributed by atoms with Crippen molar-refractivity contribution in [1.29, 1.82) is 0 Å². The van der Waals surface area contributed by atoms with Crippen LogP contribution < -0.4 is 10.5 Å². The molecule has 0 saturated carbocycles. The summed E-state index contributed by atoms with van der Waals surface area (Å²) in [5.41, 5.74) is 6.40. The van der Waals surface area contributed by atoms with Crippen LogP contribution in [0.3, 0.4) is 0 Å². The van der Waals surface area contributed by atoms with E-state index in [1.54, 1.807) is 25.3 Å². The molecular formula is C13H10Cl4N4O. The molecule has 0 unspecified atom stereocenters. The minimum atomic E-state index is -1.82. The zero-order chi connectivity index (χ0) is 16.3. The third-order valence-electron chi connectivity index (χ3n) is 2.53. The van der Waals surface area contributed by atoms with Crippen molar-refractivity contribution in [1.82, 2.24) is 15.0 Å². The highest BCUT2D eigenvalue weighted by atomic mass is 35.6. The molecule has 22 heavy (non-hydrogen) atoms. The Labute approximate surface area is 147 Å². The Morgan fingerprint density at radius 2 is 1.77 bits per heavy atom. The summed E-state index contributed by atoms with van der Waals surface area (Å²) in [5, 5.41) is 0.231. The van der Waals surface area contributed by atoms with Crippen molar-refractivity contribution in [3.05, 3.63) is 41.5 Å². The van der Waals surface area contributed by atoms with Crippen LogP contribution in [0.25, 0.3) is 11.1 Å². The van der Waals surface area contributed by atoms with E-state index in [0.717, 1.165) is 11.3 Å². The van der Waals surface area contributed by atoms with Gasteiger partial charge in [-0.15, -0.1) is 0 Å². The molecule has 0 aliphatic rings. The maximum absolute atomic E-state index is 6.20. The van der Waals surface area contributed by atoms with Crippen LogP contribution in [0.2, 0.25) is 0 Å². The monoisotopic (exact) mass is 378 g/mol. The van der Waals surface area contributed by atoms with Gasteiger partial charge in [-0.3, -0.25) is 0 Å². The number of aromatic nitrogens is 3. The first-order valence-corrected chi connectivity index (χ1v) is 7.41. The average molecular weight is 380 g/mol. The standard InChI is InChI=1S/C13H10Cl4N4O/c1-22-8-4-2-7(3-5-8)6-9(14)10-19-11(13(15,16)17)21-12(18)20-10/h2-6H,1H3,(H2,18,19,20,21). The van der Waals surface area contributed by atoms with Gasteiger partial charge in [0, 0.05) is 0 Å². The molecule has 1 aromatic heterocycles. The van der Waals surface area contributed by atoms with Crippen molar-refractivity contribution in [2.45, 2.75) is 3.79 Å². The van der Waals surface area contributed by atoms with E-state index in [1.807, 2.05) is 12.1 Å². The van der Waals surface area contributed by atoms with Crippen LogP contribution in [0.5, 0.6) is 5.75 Å². The number of hydrogen-bond donors (Lipinski definition) is 1. The normalized spacial score (nSPS) is 12.3. The zero-order valence-electron chi connectivity index (χ0n) is 11.2. The molecule has 0 aliphatic heterocycles. The summed E-state index contributed by atoms with van der Waals surface area (Å²) in [4.78, 5) is 11.7. The van der Waals surface area contributed by atoms with Crippen molar-refractivity contribution < 1.29 is 4.74 Å². The van der Waals surface area contributed by atoms with E-state index in [1.165, 1.54) is 0 Å². The minimum Gasteiger partial charge on any atom is -0.497 e. The van der Waals surface area contributed by atoms with Crippen molar-refractivity contribution >= 4 is 63.5 Å². The molecule has 0 radical (unpaired) electrons. The maximum Gasteiger partial charge on any atom is 0.250 e. The molecule has 0 bridgehead atoms. The second kappa shape index (κ2) is 6.87. The van der Waals surface area contributed by atoms with Gasteiger partial charge in [0.2, 0.25) is 9.74 Å². The molecule has 5 nitrogen and oxygen atoms in total. The van der Waals surface area contributed by atoms with Crippen LogP contribution in [-0.4, -0.2) is 22.1 Å². The molecule has 116 valence electrons. The highest BCUT2D eigenvalue weighted by Crippen LogP contribution is 2.36. The van der Waals surface area contributed by atoms with E-state index in [-0.39, 0.29) is 22.6 Å². The average Bonchev–Trinajstić information content (AvgIpc) is 2.46. The minimum absolute atomic E-state index is 0.0902. The highest BCUT2D eigenvalue weighted by molar-refractivity contribution is 6.66. The Bertz CT molecular complexity index is 698. The number of methoxy groups -OCH3 is 1. The molecular weight excluding hydrogens is 370 g/mol. The van der Waals surface area contributed by atoms with Gasteiger partial charge in [0.05, 0.1) is 12.1 Å². The van der Waals surface area contributed by atoms with Crippen LogP contribution in [0, 0.1) is 0 Å². The first-order chi connectivity index (χ1) is 10.3. The quantitative estimate of drug-likeness (QED) is 0.815. The van der Waals surface area contributed by atoms with Gasteiger partial charge in [-0.25, -0.2) is 4.98 Å². The third-order valence-corrected chi connectivity index (χ3v) is 3.31. The molecule has 2 N–H and O–H groups in total. The fraction of sp³-hybridized carbons (Fsp3) is 0.154. The topological polar surface area (TPSA) is 73.9 Å². The van der Waals surface area contributed by atoms with Crippen molar-refractivity contribution in [2.75, 3.05) is 12.8 Å². The Morgan fingerprint density at radius 1 is 1.14 bits per heavy atom. The SMILES string of the molecule is COc1ccc(C=C(Cl)c2nc(N)nc(C(Cl)(Cl)Cl)n2)cc1. The lowest BCUT2D eigenvalue weighted by atomic mass is 10.2. The largest absolute Gasteiger partial charge is 0.497 e. The van der Waals surface area contributed by atoms with Crippen LogP contribution in [0.15, 0.2) is 24.3 Å². The summed E-state index contributed by atoms with van der Waals surface area (Å²) in [6.07, 6.45) is 1.65. The second-order valence-corrected chi connectivity index (χ2v) is 6.79. The van der Waals surface area contributed by atoms with E-state index in [4.69, 9.17) is 56.9 Å². The van der Waals surface area contributed by atoms with E-state index >= 15 is 0 Å². The predicted octanol–water partition coefficient (Wildman–Crippen LogP) is 4.03. The summed E-state index contributed by atoms with van der Waals surface area (Å²) in [6.45, 7) is 0. The molecule has 2 rings (SSSR count). The highest BCUT2D eigenvalue weighted by Gasteiger charge is 2.28. The van der Waals surface area contributed by atoms with E-state index in [9.17, 15) is 0 Å². The molecule has 2 aromatic rings. The lowest BCUT2D eigenvalue weighted by Crippen LogP contribution is -2.12. The first kappa shape index (κ1) is 17.1. The summed E-state index contributed by atoms with van der Waals surface area (Å²) in [7, 11) is 1.59. The van der Waals surface area contributed by atoms with Gasteiger partial charge in [0.1, 0.15) is 5.75 Å². The van der Waals surface area contributed by atoms with Crippen LogP contribution in [0.1, 0.15) is 17.2 Å². The number of nitrogens with two attached hydrogens (primary N) is 1. The second-order valence-electron chi connectivity index (χ2n) is 4.10. The molecule has 0 atom stereocenters. The number of ether oxygens (including phenoxy) is 1. The van der Waals surface area contributed by atoms with Crippen molar-refractivity contribution in [3.8, 4) is 5.75 Å². The van der Waals surface area contributed by atoms with E-state index in [0.29, 0.717) is 0 Å². The Morgan fingerprint density at radius 3 is 2.32 bits per heavy atom. The molecule has 0 aliphatic carbocycles. The summed E-state index contributed by atoms with van der Waals surface area (Å²) >= 11 is 23.4. The fourth-order valence-electron chi connectivity index (χ4n) is 1.54. The number of nitrogens with zero attached hydrogens (tertiary/aromatic N) is 3. The van der Waals surface area contributed by atoms with Gasteiger partial charge < -0.3 is 10.5 Å². The van der Waals surface area contributed by atoms with Gasteiger partial charge in [-0.1, -0.05) is 58.5 Å². The maximum atomic E-state index is 6.20. The number of anilines is 1. The lowest BCUT2D eigenvalue weighted by Gasteiger charge is -2.10. The fourth-order valence-corrected chi connectivity index (χ4v) is 2.00. The van der Waals surface area contributed by atoms with E-state index in [2.05, 4.69) is 15.0 Å². The van der Waals surface area contributed by atoms with Gasteiger partial charge in [0.25, 0.3) is 0 Å². The van der Waals surface area contributed by atoms with Crippen LogP contribution >= 0.6 is 46.4 Å². The number of nitrogen functional groups attached to an aromatic ring is 1. The zero-order valence-corrected chi connectivity index (χ0v) is 14.2. The van der Waals surface area contributed by atoms with Crippen LogP contribution in [0.4, 0.5) is 5.95 Å². The number of hydrogen-bond acceptors (Lipinski definition) is 5. The Hall–Kier alpha value is -1.27. The molecule has 1 aromatic carbocycles. The summed E-state index contributed by atoms with van der Waals surface area (Å²) in [6, 6.07) is 7.23. The number of rotatable bonds is 3. The number of halogens is 4. The number of alkyl halides is 3. The van der Waals surface area contributed by atoms with E-state index < -0.39 is 3.79 Å². The first-order valence-electron chi connectivity index (χ1n) is 5.90. The van der Waals surface area contributed by atoms with Gasteiger partial charge >= 0.3 is 0 Å². The van der Waals surface area contributed by atoms with Crippen LogP contribution in [-0.2, 0) is 3.79 Å². The molecule has 1 heterocycles. The molecule has 0 spiro atoms. The lowest BCUT2D eigenvalue weighted by molar-refractivity contribution is 0.415. The summed E-state index contributed by atoms with van der Waals surface area (Å²) < 4.78 is 3.26. The van der Waals surface area contributed by atoms with Crippen molar-refractivity contribution in [2.24, 2.45) is 0 Å². The predicted molar refractivity (Wildman–Crippen MR) is 90.2 cm³/mol. The van der Waals surface area contributed by atoms with Gasteiger partial charge in [0.15, 0.2) is 11.6 Å². The number of benzene rings is 1. The summed E-state index contributed by atoms with van der Waals surface area (Å²) in [5.74, 6) is 0.663. The Balaban J connectivity index is 2.37. The molecule has 9 heteroatoms. The third kappa shape index (κ3) is 4.36. The Kier molecular flexibility index (Phi) is 5.34. The molecule has 0 fully saturated rings. The van der Waals surface area contributed by atoms with Crippen molar-refractivity contribution in [3.63, 3.8) is 0 Å².